The number of esters is 1. The standard InChI is InChI=1S/C20H23NO5/c1-12(2)11-16(20(24)25-4)21-19(23)18-10-9-17(26-18)15-7-5-14(6-8-15)13(3)22/h5-10,12,16H,11H2,1-4H3,(H,21,23)/t16-/m1/s1. The summed E-state index contributed by atoms with van der Waals surface area (Å²) in [6, 6.07) is 9.42. The number of ketones is 1. The monoisotopic (exact) mass is 357 g/mol. The maximum Gasteiger partial charge on any atom is 0.328 e. The molecule has 2 rings (SSSR count). The molecule has 0 aliphatic rings. The quantitative estimate of drug-likeness (QED) is 0.606. The fraction of sp³-hybridized carbons (Fsp3) is 0.350. The molecule has 6 nitrogen and oxygen atoms in total. The second-order valence-corrected chi connectivity index (χ2v) is 6.48. The molecule has 1 heterocycles. The van der Waals surface area contributed by atoms with Gasteiger partial charge in [0, 0.05) is 11.1 Å². The van der Waals surface area contributed by atoms with E-state index in [4.69, 9.17) is 9.15 Å². The first-order valence-electron chi connectivity index (χ1n) is 8.41. The molecule has 0 unspecified atom stereocenters. The second kappa shape index (κ2) is 8.47. The largest absolute Gasteiger partial charge is 0.467 e. The van der Waals surface area contributed by atoms with E-state index in [2.05, 4.69) is 5.32 Å². The van der Waals surface area contributed by atoms with Crippen LogP contribution < -0.4 is 5.32 Å². The van der Waals surface area contributed by atoms with Crippen molar-refractivity contribution in [1.29, 1.82) is 0 Å². The molecule has 1 N–H and O–H groups in total. The molecule has 6 heteroatoms. The van der Waals surface area contributed by atoms with Crippen LogP contribution in [0, 0.1) is 5.92 Å². The number of Topliss-reactive ketones (excluding diaryl/α,β-unsaturated/α-hetero) is 1. The molecule has 26 heavy (non-hydrogen) atoms. The fourth-order valence-corrected chi connectivity index (χ4v) is 2.54. The smallest absolute Gasteiger partial charge is 0.328 e. The number of benzene rings is 1. The number of carbonyl (C=O) groups excluding carboxylic acids is 3. The molecule has 0 saturated carbocycles. The summed E-state index contributed by atoms with van der Waals surface area (Å²) in [6.45, 7) is 5.41. The Balaban J connectivity index is 2.13. The zero-order valence-electron chi connectivity index (χ0n) is 15.4. The Hall–Kier alpha value is -2.89. The summed E-state index contributed by atoms with van der Waals surface area (Å²) >= 11 is 0. The van der Waals surface area contributed by atoms with Gasteiger partial charge >= 0.3 is 5.97 Å². The van der Waals surface area contributed by atoms with Crippen molar-refractivity contribution in [2.24, 2.45) is 5.92 Å². The third-order valence-corrected chi connectivity index (χ3v) is 3.90. The van der Waals surface area contributed by atoms with E-state index in [1.165, 1.54) is 14.0 Å². The Labute approximate surface area is 152 Å². The minimum Gasteiger partial charge on any atom is -0.467 e. The van der Waals surface area contributed by atoms with Crippen molar-refractivity contribution in [1.82, 2.24) is 5.32 Å². The number of methoxy groups -OCH3 is 1. The van der Waals surface area contributed by atoms with E-state index in [9.17, 15) is 14.4 Å². The Morgan fingerprint density at radius 3 is 2.27 bits per heavy atom. The van der Waals surface area contributed by atoms with Gasteiger partial charge in [-0.3, -0.25) is 9.59 Å². The Kier molecular flexibility index (Phi) is 6.33. The minimum absolute atomic E-state index is 0.0185. The number of carbonyl (C=O) groups is 3. The van der Waals surface area contributed by atoms with Gasteiger partial charge in [-0.05, 0) is 31.4 Å². The molecule has 138 valence electrons. The highest BCUT2D eigenvalue weighted by Crippen LogP contribution is 2.23. The molecule has 0 aliphatic carbocycles. The maximum atomic E-state index is 12.4. The maximum absolute atomic E-state index is 12.4. The first-order valence-corrected chi connectivity index (χ1v) is 8.41. The number of hydrogen-bond donors (Lipinski definition) is 1. The van der Waals surface area contributed by atoms with Crippen molar-refractivity contribution in [3.05, 3.63) is 47.7 Å². The molecule has 0 fully saturated rings. The van der Waals surface area contributed by atoms with Gasteiger partial charge in [0.05, 0.1) is 7.11 Å². The minimum atomic E-state index is -0.726. The SMILES string of the molecule is COC(=O)[C@@H](CC(C)C)NC(=O)c1ccc(-c2ccc(C(C)=O)cc2)o1. The lowest BCUT2D eigenvalue weighted by atomic mass is 10.0. The zero-order chi connectivity index (χ0) is 19.3. The highest BCUT2D eigenvalue weighted by molar-refractivity contribution is 5.95. The molecular weight excluding hydrogens is 334 g/mol. The second-order valence-electron chi connectivity index (χ2n) is 6.48. The lowest BCUT2D eigenvalue weighted by molar-refractivity contribution is -0.143. The predicted octanol–water partition coefficient (Wildman–Crippen LogP) is 3.47. The van der Waals surface area contributed by atoms with Gasteiger partial charge in [0.25, 0.3) is 5.91 Å². The third kappa shape index (κ3) is 4.81. The molecule has 0 aliphatic heterocycles. The average Bonchev–Trinajstić information content (AvgIpc) is 3.10. The van der Waals surface area contributed by atoms with Crippen molar-refractivity contribution < 1.29 is 23.5 Å². The normalized spacial score (nSPS) is 11.9. The topological polar surface area (TPSA) is 85.6 Å². The molecule has 1 aromatic heterocycles. The number of rotatable bonds is 7. The average molecular weight is 357 g/mol. The van der Waals surface area contributed by atoms with Crippen molar-refractivity contribution in [3.8, 4) is 11.3 Å². The van der Waals surface area contributed by atoms with E-state index >= 15 is 0 Å². The number of ether oxygens (including phenoxy) is 1. The van der Waals surface area contributed by atoms with Gasteiger partial charge < -0.3 is 14.5 Å². The lowest BCUT2D eigenvalue weighted by Crippen LogP contribution is -2.42. The van der Waals surface area contributed by atoms with Gasteiger partial charge in [-0.1, -0.05) is 38.1 Å². The van der Waals surface area contributed by atoms with Crippen LogP contribution in [0.3, 0.4) is 0 Å². The van der Waals surface area contributed by atoms with Crippen LogP contribution in [0.5, 0.6) is 0 Å². The summed E-state index contributed by atoms with van der Waals surface area (Å²) in [7, 11) is 1.29. The van der Waals surface area contributed by atoms with Crippen molar-refractivity contribution >= 4 is 17.7 Å². The van der Waals surface area contributed by atoms with Gasteiger partial charge in [-0.15, -0.1) is 0 Å². The summed E-state index contributed by atoms with van der Waals surface area (Å²) in [5.41, 5.74) is 1.36. The molecule has 0 saturated heterocycles. The van der Waals surface area contributed by atoms with Crippen LogP contribution in [-0.2, 0) is 9.53 Å². The number of amides is 1. The first kappa shape index (κ1) is 19.4. The number of furan rings is 1. The Morgan fingerprint density at radius 1 is 1.08 bits per heavy atom. The van der Waals surface area contributed by atoms with Crippen LogP contribution in [0.15, 0.2) is 40.8 Å². The van der Waals surface area contributed by atoms with Gasteiger partial charge in [-0.25, -0.2) is 4.79 Å². The van der Waals surface area contributed by atoms with Crippen molar-refractivity contribution in [2.45, 2.75) is 33.2 Å². The number of hydrogen-bond acceptors (Lipinski definition) is 5. The molecule has 1 atom stereocenters. The highest BCUT2D eigenvalue weighted by atomic mass is 16.5. The summed E-state index contributed by atoms with van der Waals surface area (Å²) in [5.74, 6) is -0.162. The molecular formula is C20H23NO5. The van der Waals surface area contributed by atoms with E-state index in [0.29, 0.717) is 17.7 Å². The Morgan fingerprint density at radius 2 is 1.73 bits per heavy atom. The van der Waals surface area contributed by atoms with E-state index < -0.39 is 17.9 Å². The van der Waals surface area contributed by atoms with E-state index in [-0.39, 0.29) is 17.5 Å². The molecule has 0 bridgehead atoms. The first-order chi connectivity index (χ1) is 12.3. The molecule has 1 amide bonds. The van der Waals surface area contributed by atoms with Crippen LogP contribution in [0.4, 0.5) is 0 Å². The summed E-state index contributed by atoms with van der Waals surface area (Å²) < 4.78 is 10.3. The fourth-order valence-electron chi connectivity index (χ4n) is 2.54. The lowest BCUT2D eigenvalue weighted by Gasteiger charge is -2.17. The summed E-state index contributed by atoms with van der Waals surface area (Å²) in [4.78, 5) is 35.6. The van der Waals surface area contributed by atoms with Crippen LogP contribution in [-0.4, -0.2) is 30.8 Å². The van der Waals surface area contributed by atoms with Gasteiger partial charge in [-0.2, -0.15) is 0 Å². The predicted molar refractivity (Wildman–Crippen MR) is 96.9 cm³/mol. The molecule has 0 spiro atoms. The van der Waals surface area contributed by atoms with Crippen molar-refractivity contribution in [2.75, 3.05) is 7.11 Å². The molecule has 0 radical (unpaired) electrons. The Bertz CT molecular complexity index is 789. The van der Waals surface area contributed by atoms with Crippen LogP contribution in [0.25, 0.3) is 11.3 Å². The van der Waals surface area contributed by atoms with Crippen LogP contribution >= 0.6 is 0 Å². The summed E-state index contributed by atoms with van der Waals surface area (Å²) in [5, 5.41) is 2.65. The molecule has 1 aromatic carbocycles. The summed E-state index contributed by atoms with van der Waals surface area (Å²) in [6.07, 6.45) is 0.471. The van der Waals surface area contributed by atoms with Crippen molar-refractivity contribution in [3.63, 3.8) is 0 Å². The van der Waals surface area contributed by atoms with E-state index in [1.807, 2.05) is 13.8 Å². The van der Waals surface area contributed by atoms with E-state index in [1.54, 1.807) is 36.4 Å². The van der Waals surface area contributed by atoms with E-state index in [0.717, 1.165) is 5.56 Å². The van der Waals surface area contributed by atoms with Crippen LogP contribution in [0.1, 0.15) is 48.1 Å². The van der Waals surface area contributed by atoms with Gasteiger partial charge in [0.15, 0.2) is 11.5 Å². The zero-order valence-corrected chi connectivity index (χ0v) is 15.4. The molecule has 2 aromatic rings. The highest BCUT2D eigenvalue weighted by Gasteiger charge is 2.24. The van der Waals surface area contributed by atoms with Gasteiger partial charge in [0.1, 0.15) is 11.8 Å². The van der Waals surface area contributed by atoms with Crippen LogP contribution in [0.2, 0.25) is 0 Å². The number of nitrogens with one attached hydrogen (secondary N) is 1. The van der Waals surface area contributed by atoms with Gasteiger partial charge in [0.2, 0.25) is 0 Å². The third-order valence-electron chi connectivity index (χ3n) is 3.90.